The fraction of sp³-hybridized carbons (Fsp3) is 0.138. The van der Waals surface area contributed by atoms with E-state index in [1.165, 1.54) is 0 Å². The molecule has 5 rings (SSSR count). The number of ether oxygens (including phenoxy) is 2. The Morgan fingerprint density at radius 2 is 1.61 bits per heavy atom. The third-order valence-electron chi connectivity index (χ3n) is 5.67. The van der Waals surface area contributed by atoms with Crippen LogP contribution in [0.5, 0.6) is 11.6 Å². The Morgan fingerprint density at radius 3 is 2.36 bits per heavy atom. The quantitative estimate of drug-likeness (QED) is 0.304. The number of aryl methyl sites for hydroxylation is 1. The molecule has 2 heterocycles. The Labute approximate surface area is 209 Å². The number of anilines is 1. The molecule has 0 aliphatic rings. The maximum absolute atomic E-state index is 12.6. The van der Waals surface area contributed by atoms with Gasteiger partial charge in [-0.3, -0.25) is 4.79 Å². The number of pyridine rings is 1. The summed E-state index contributed by atoms with van der Waals surface area (Å²) in [5.41, 5.74) is 4.95. The zero-order chi connectivity index (χ0) is 24.9. The molecule has 7 nitrogen and oxygen atoms in total. The van der Waals surface area contributed by atoms with Crippen molar-refractivity contribution in [3.8, 4) is 28.6 Å². The minimum absolute atomic E-state index is 0.191. The molecule has 0 atom stereocenters. The second kappa shape index (κ2) is 10.3. The first-order chi connectivity index (χ1) is 17.6. The van der Waals surface area contributed by atoms with E-state index in [2.05, 4.69) is 5.32 Å². The zero-order valence-electron chi connectivity index (χ0n) is 20.1. The smallest absolute Gasteiger partial charge is 0.262 e. The topological polar surface area (TPSA) is 78.3 Å². The van der Waals surface area contributed by atoms with Crippen molar-refractivity contribution in [1.82, 2.24) is 14.8 Å². The highest BCUT2D eigenvalue weighted by molar-refractivity contribution is 5.95. The minimum atomic E-state index is -0.303. The normalized spacial score (nSPS) is 10.8. The zero-order valence-corrected chi connectivity index (χ0v) is 20.1. The molecule has 36 heavy (non-hydrogen) atoms. The van der Waals surface area contributed by atoms with Crippen LogP contribution in [0.3, 0.4) is 0 Å². The van der Waals surface area contributed by atoms with E-state index >= 15 is 0 Å². The van der Waals surface area contributed by atoms with E-state index in [-0.39, 0.29) is 12.5 Å². The molecular weight excluding hydrogens is 452 g/mol. The first-order valence-corrected chi connectivity index (χ1v) is 11.8. The monoisotopic (exact) mass is 478 g/mol. The molecule has 0 aliphatic heterocycles. The summed E-state index contributed by atoms with van der Waals surface area (Å²) < 4.78 is 13.2. The number of aromatic nitrogens is 3. The summed E-state index contributed by atoms with van der Waals surface area (Å²) >= 11 is 0. The Bertz CT molecular complexity index is 1500. The number of nitrogens with zero attached hydrogens (tertiary/aromatic N) is 3. The summed E-state index contributed by atoms with van der Waals surface area (Å²) in [5, 5.41) is 8.70. The highest BCUT2D eigenvalue weighted by Crippen LogP contribution is 2.33. The fourth-order valence-electron chi connectivity index (χ4n) is 4.07. The predicted molar refractivity (Wildman–Crippen MR) is 141 cm³/mol. The standard InChI is InChI=1S/C29H26N4O3/c1-3-35-24-17-11-10-16-23(24)30-25(34)19-36-26-18-20(2)27-28(21-12-6-4-7-13-21)32-33(29(27)31-26)22-14-8-5-9-15-22/h4-18H,3,19H2,1-2H3,(H,30,34). The summed E-state index contributed by atoms with van der Waals surface area (Å²) in [7, 11) is 0. The number of amides is 1. The van der Waals surface area contributed by atoms with Gasteiger partial charge in [0.2, 0.25) is 5.88 Å². The Morgan fingerprint density at radius 1 is 0.917 bits per heavy atom. The molecule has 1 amide bonds. The highest BCUT2D eigenvalue weighted by atomic mass is 16.5. The van der Waals surface area contributed by atoms with Gasteiger partial charge in [-0.2, -0.15) is 10.1 Å². The van der Waals surface area contributed by atoms with Crippen LogP contribution in [0.25, 0.3) is 28.0 Å². The third-order valence-corrected chi connectivity index (χ3v) is 5.67. The van der Waals surface area contributed by atoms with Crippen molar-refractivity contribution in [2.24, 2.45) is 0 Å². The van der Waals surface area contributed by atoms with Gasteiger partial charge in [-0.15, -0.1) is 0 Å². The number of benzene rings is 3. The molecule has 0 bridgehead atoms. The van der Waals surface area contributed by atoms with Crippen LogP contribution < -0.4 is 14.8 Å². The Balaban J connectivity index is 1.46. The van der Waals surface area contributed by atoms with Gasteiger partial charge in [-0.25, -0.2) is 4.68 Å². The fourth-order valence-corrected chi connectivity index (χ4v) is 4.07. The molecule has 0 unspecified atom stereocenters. The average Bonchev–Trinajstić information content (AvgIpc) is 3.30. The van der Waals surface area contributed by atoms with Crippen LogP contribution in [0, 0.1) is 6.92 Å². The van der Waals surface area contributed by atoms with E-state index in [1.807, 2.05) is 103 Å². The molecule has 0 aliphatic carbocycles. The van der Waals surface area contributed by atoms with Crippen LogP contribution in [0.15, 0.2) is 91.0 Å². The molecule has 1 N–H and O–H groups in total. The summed E-state index contributed by atoms with van der Waals surface area (Å²) in [5.74, 6) is 0.664. The van der Waals surface area contributed by atoms with Crippen molar-refractivity contribution < 1.29 is 14.3 Å². The number of rotatable bonds is 8. The van der Waals surface area contributed by atoms with Crippen molar-refractivity contribution >= 4 is 22.6 Å². The highest BCUT2D eigenvalue weighted by Gasteiger charge is 2.19. The molecule has 0 radical (unpaired) electrons. The lowest BCUT2D eigenvalue weighted by Gasteiger charge is -2.12. The molecule has 7 heteroatoms. The van der Waals surface area contributed by atoms with Gasteiger partial charge in [0.25, 0.3) is 5.91 Å². The Kier molecular flexibility index (Phi) is 6.62. The van der Waals surface area contributed by atoms with Crippen LogP contribution in [-0.2, 0) is 4.79 Å². The van der Waals surface area contributed by atoms with Gasteiger partial charge in [0.1, 0.15) is 11.4 Å². The lowest BCUT2D eigenvalue weighted by atomic mass is 10.1. The second-order valence-corrected chi connectivity index (χ2v) is 8.20. The predicted octanol–water partition coefficient (Wildman–Crippen LogP) is 5.81. The second-order valence-electron chi connectivity index (χ2n) is 8.20. The van der Waals surface area contributed by atoms with Crippen LogP contribution in [0.2, 0.25) is 0 Å². The number of carbonyl (C=O) groups excluding carboxylic acids is 1. The number of hydrogen-bond acceptors (Lipinski definition) is 5. The van der Waals surface area contributed by atoms with Gasteiger partial charge in [0.05, 0.1) is 23.4 Å². The maximum Gasteiger partial charge on any atom is 0.262 e. The van der Waals surface area contributed by atoms with Crippen LogP contribution >= 0.6 is 0 Å². The summed E-state index contributed by atoms with van der Waals surface area (Å²) in [4.78, 5) is 17.4. The van der Waals surface area contributed by atoms with Crippen molar-refractivity contribution in [2.75, 3.05) is 18.5 Å². The largest absolute Gasteiger partial charge is 0.492 e. The number of nitrogens with one attached hydrogen (secondary N) is 1. The van der Waals surface area contributed by atoms with E-state index in [9.17, 15) is 4.79 Å². The molecule has 5 aromatic rings. The summed E-state index contributed by atoms with van der Waals surface area (Å²) in [6, 6.07) is 29.0. The number of para-hydroxylation sites is 3. The molecule has 0 saturated carbocycles. The van der Waals surface area contributed by atoms with Crippen LogP contribution in [0.4, 0.5) is 5.69 Å². The number of carbonyl (C=O) groups is 1. The van der Waals surface area contributed by atoms with Crippen molar-refractivity contribution in [3.05, 3.63) is 96.6 Å². The van der Waals surface area contributed by atoms with E-state index in [0.717, 1.165) is 27.9 Å². The van der Waals surface area contributed by atoms with Gasteiger partial charge in [0, 0.05) is 11.6 Å². The van der Waals surface area contributed by atoms with Crippen molar-refractivity contribution in [2.45, 2.75) is 13.8 Å². The van der Waals surface area contributed by atoms with Gasteiger partial charge >= 0.3 is 0 Å². The first-order valence-electron chi connectivity index (χ1n) is 11.8. The van der Waals surface area contributed by atoms with Crippen LogP contribution in [0.1, 0.15) is 12.5 Å². The molecule has 2 aromatic heterocycles. The molecule has 3 aromatic carbocycles. The number of fused-ring (bicyclic) bond motifs is 1. The molecular formula is C29H26N4O3. The van der Waals surface area contributed by atoms with E-state index in [1.54, 1.807) is 6.07 Å². The summed E-state index contributed by atoms with van der Waals surface area (Å²) in [6.45, 7) is 4.21. The molecule has 0 fully saturated rings. The summed E-state index contributed by atoms with van der Waals surface area (Å²) in [6.07, 6.45) is 0. The van der Waals surface area contributed by atoms with Gasteiger partial charge in [0.15, 0.2) is 12.3 Å². The maximum atomic E-state index is 12.6. The minimum Gasteiger partial charge on any atom is -0.492 e. The number of hydrogen-bond donors (Lipinski definition) is 1. The molecule has 0 saturated heterocycles. The van der Waals surface area contributed by atoms with E-state index < -0.39 is 0 Å². The first kappa shape index (κ1) is 23.1. The Hall–Kier alpha value is -4.65. The van der Waals surface area contributed by atoms with Gasteiger partial charge in [-0.05, 0) is 43.7 Å². The lowest BCUT2D eigenvalue weighted by molar-refractivity contribution is -0.118. The van der Waals surface area contributed by atoms with Gasteiger partial charge in [-0.1, -0.05) is 60.7 Å². The van der Waals surface area contributed by atoms with E-state index in [0.29, 0.717) is 29.6 Å². The van der Waals surface area contributed by atoms with Gasteiger partial charge < -0.3 is 14.8 Å². The molecule has 180 valence electrons. The average molecular weight is 479 g/mol. The van der Waals surface area contributed by atoms with Crippen LogP contribution in [-0.4, -0.2) is 33.9 Å². The molecule has 0 spiro atoms. The lowest BCUT2D eigenvalue weighted by Crippen LogP contribution is -2.21. The van der Waals surface area contributed by atoms with Crippen molar-refractivity contribution in [1.29, 1.82) is 0 Å². The van der Waals surface area contributed by atoms with Crippen molar-refractivity contribution in [3.63, 3.8) is 0 Å². The van der Waals surface area contributed by atoms with E-state index in [4.69, 9.17) is 19.6 Å². The third kappa shape index (κ3) is 4.77. The SMILES string of the molecule is CCOc1ccccc1NC(=O)COc1cc(C)c2c(-c3ccccc3)nn(-c3ccccc3)c2n1.